The highest BCUT2D eigenvalue weighted by Gasteiger charge is 2.11. The molecule has 0 radical (unpaired) electrons. The van der Waals surface area contributed by atoms with Crippen LogP contribution in [0.2, 0.25) is 0 Å². The third kappa shape index (κ3) is 9.54. The lowest BCUT2D eigenvalue weighted by atomic mass is 10.2. The molecular formula is C19H37IN6S. The summed E-state index contributed by atoms with van der Waals surface area (Å²) in [4.78, 5) is 14.4. The summed E-state index contributed by atoms with van der Waals surface area (Å²) >= 11 is 1.70. The van der Waals surface area contributed by atoms with Crippen molar-refractivity contribution in [3.05, 3.63) is 16.1 Å². The molecule has 1 aromatic heterocycles. The molecule has 27 heavy (non-hydrogen) atoms. The van der Waals surface area contributed by atoms with Crippen LogP contribution >= 0.6 is 35.3 Å². The first kappa shape index (κ1) is 24.6. The standard InChI is InChI=1S/C19H36N6S.HI/c1-5-20-19(22-14-18-23-17(15-26-18)16(2)3)21-8-6-10-25-11-7-9-24(4)12-13-25;/h15-16H,5-14H2,1-4H3,(H2,20,21,22);1H. The molecule has 0 bridgehead atoms. The van der Waals surface area contributed by atoms with Crippen molar-refractivity contribution >= 4 is 41.3 Å². The van der Waals surface area contributed by atoms with Gasteiger partial charge >= 0.3 is 0 Å². The van der Waals surface area contributed by atoms with E-state index in [1.54, 1.807) is 11.3 Å². The van der Waals surface area contributed by atoms with Crippen LogP contribution in [0.4, 0.5) is 0 Å². The maximum absolute atomic E-state index is 4.69. The minimum Gasteiger partial charge on any atom is -0.357 e. The van der Waals surface area contributed by atoms with E-state index in [-0.39, 0.29) is 24.0 Å². The van der Waals surface area contributed by atoms with Crippen LogP contribution in [0.25, 0.3) is 0 Å². The molecule has 1 fully saturated rings. The van der Waals surface area contributed by atoms with Gasteiger partial charge < -0.3 is 20.4 Å². The van der Waals surface area contributed by atoms with E-state index in [4.69, 9.17) is 0 Å². The Labute approximate surface area is 186 Å². The summed E-state index contributed by atoms with van der Waals surface area (Å²) in [5.41, 5.74) is 1.17. The topological polar surface area (TPSA) is 55.8 Å². The van der Waals surface area contributed by atoms with Crippen LogP contribution in [0, 0.1) is 0 Å². The first-order valence-corrected chi connectivity index (χ1v) is 10.8. The Balaban J connectivity index is 0.00000364. The summed E-state index contributed by atoms with van der Waals surface area (Å²) in [5, 5.41) is 10.0. The zero-order valence-corrected chi connectivity index (χ0v) is 20.5. The van der Waals surface area contributed by atoms with Crippen molar-refractivity contribution < 1.29 is 0 Å². The molecule has 0 amide bonds. The second-order valence-corrected chi connectivity index (χ2v) is 8.24. The van der Waals surface area contributed by atoms with Gasteiger partial charge in [-0.1, -0.05) is 13.8 Å². The monoisotopic (exact) mass is 508 g/mol. The van der Waals surface area contributed by atoms with Gasteiger partial charge in [0.25, 0.3) is 0 Å². The third-order valence-electron chi connectivity index (χ3n) is 4.63. The Morgan fingerprint density at radius 3 is 2.78 bits per heavy atom. The van der Waals surface area contributed by atoms with Crippen LogP contribution < -0.4 is 10.6 Å². The van der Waals surface area contributed by atoms with E-state index in [1.165, 1.54) is 38.3 Å². The SMILES string of the molecule is CCNC(=NCc1nc(C(C)C)cs1)NCCCN1CCCN(C)CC1.I. The number of nitrogens with one attached hydrogen (secondary N) is 2. The maximum Gasteiger partial charge on any atom is 0.191 e. The first-order valence-electron chi connectivity index (χ1n) is 9.96. The third-order valence-corrected chi connectivity index (χ3v) is 5.49. The van der Waals surface area contributed by atoms with Gasteiger partial charge in [0.2, 0.25) is 0 Å². The Kier molecular flexibility index (Phi) is 12.5. The molecular weight excluding hydrogens is 471 g/mol. The molecule has 1 saturated heterocycles. The highest BCUT2D eigenvalue weighted by atomic mass is 127. The summed E-state index contributed by atoms with van der Waals surface area (Å²) in [7, 11) is 2.22. The van der Waals surface area contributed by atoms with Crippen LogP contribution in [0.5, 0.6) is 0 Å². The maximum atomic E-state index is 4.69. The Morgan fingerprint density at radius 1 is 1.26 bits per heavy atom. The van der Waals surface area contributed by atoms with E-state index >= 15 is 0 Å². The predicted octanol–water partition coefficient (Wildman–Crippen LogP) is 2.97. The van der Waals surface area contributed by atoms with E-state index in [1.807, 2.05) is 0 Å². The largest absolute Gasteiger partial charge is 0.357 e. The van der Waals surface area contributed by atoms with Crippen molar-refractivity contribution in [3.8, 4) is 0 Å². The summed E-state index contributed by atoms with van der Waals surface area (Å²) in [5.74, 6) is 1.37. The first-order chi connectivity index (χ1) is 12.6. The molecule has 0 saturated carbocycles. The van der Waals surface area contributed by atoms with E-state index in [2.05, 4.69) is 63.6 Å². The van der Waals surface area contributed by atoms with Crippen molar-refractivity contribution in [2.24, 2.45) is 4.99 Å². The Morgan fingerprint density at radius 2 is 2.07 bits per heavy atom. The average molecular weight is 509 g/mol. The number of aromatic nitrogens is 1. The summed E-state index contributed by atoms with van der Waals surface area (Å²) in [6.07, 6.45) is 2.42. The quantitative estimate of drug-likeness (QED) is 0.245. The lowest BCUT2D eigenvalue weighted by Gasteiger charge is -2.20. The molecule has 1 aromatic rings. The number of aliphatic imine (C=N–C) groups is 1. The van der Waals surface area contributed by atoms with Gasteiger partial charge in [-0.2, -0.15) is 0 Å². The van der Waals surface area contributed by atoms with Crippen LogP contribution in [-0.2, 0) is 6.54 Å². The molecule has 2 rings (SSSR count). The number of rotatable bonds is 8. The normalized spacial score (nSPS) is 16.9. The van der Waals surface area contributed by atoms with Gasteiger partial charge in [-0.05, 0) is 52.4 Å². The molecule has 8 heteroatoms. The highest BCUT2D eigenvalue weighted by Crippen LogP contribution is 2.18. The molecule has 1 aliphatic heterocycles. The minimum atomic E-state index is 0. The molecule has 0 aliphatic carbocycles. The summed E-state index contributed by atoms with van der Waals surface area (Å²) in [6, 6.07) is 0. The van der Waals surface area contributed by atoms with Gasteiger partial charge in [0.1, 0.15) is 5.01 Å². The molecule has 0 aromatic carbocycles. The highest BCUT2D eigenvalue weighted by molar-refractivity contribution is 14.0. The average Bonchev–Trinajstić information content (AvgIpc) is 3.00. The van der Waals surface area contributed by atoms with E-state index in [0.717, 1.165) is 37.0 Å². The van der Waals surface area contributed by atoms with Gasteiger partial charge in [-0.25, -0.2) is 9.98 Å². The predicted molar refractivity (Wildman–Crippen MR) is 128 cm³/mol. The smallest absolute Gasteiger partial charge is 0.191 e. The molecule has 0 spiro atoms. The zero-order chi connectivity index (χ0) is 18.8. The van der Waals surface area contributed by atoms with Crippen molar-refractivity contribution in [1.82, 2.24) is 25.4 Å². The van der Waals surface area contributed by atoms with E-state index in [0.29, 0.717) is 12.5 Å². The molecule has 2 N–H and O–H groups in total. The molecule has 1 aliphatic rings. The number of guanidine groups is 1. The molecule has 0 unspecified atom stereocenters. The van der Waals surface area contributed by atoms with Gasteiger partial charge in [0.15, 0.2) is 5.96 Å². The van der Waals surface area contributed by atoms with Crippen molar-refractivity contribution in [1.29, 1.82) is 0 Å². The van der Waals surface area contributed by atoms with Gasteiger partial charge in [-0.3, -0.25) is 0 Å². The fourth-order valence-corrected chi connectivity index (χ4v) is 3.86. The molecule has 156 valence electrons. The lowest BCUT2D eigenvalue weighted by molar-refractivity contribution is 0.274. The van der Waals surface area contributed by atoms with E-state index in [9.17, 15) is 0 Å². The summed E-state index contributed by atoms with van der Waals surface area (Å²) in [6.45, 7) is 14.9. The van der Waals surface area contributed by atoms with Crippen molar-refractivity contribution in [2.45, 2.75) is 46.1 Å². The molecule has 2 heterocycles. The number of nitrogens with zero attached hydrogens (tertiary/aromatic N) is 4. The number of thiazole rings is 1. The van der Waals surface area contributed by atoms with Crippen LogP contribution in [0.15, 0.2) is 10.4 Å². The number of likely N-dealkylation sites (N-methyl/N-ethyl adjacent to an activating group) is 1. The van der Waals surface area contributed by atoms with Gasteiger partial charge in [0.05, 0.1) is 12.2 Å². The molecule has 6 nitrogen and oxygen atoms in total. The Hall–Kier alpha value is -0.450. The van der Waals surface area contributed by atoms with Gasteiger partial charge in [0, 0.05) is 31.6 Å². The van der Waals surface area contributed by atoms with Crippen molar-refractivity contribution in [2.75, 3.05) is 52.9 Å². The van der Waals surface area contributed by atoms with Crippen molar-refractivity contribution in [3.63, 3.8) is 0 Å². The number of hydrogen-bond acceptors (Lipinski definition) is 5. The number of halogens is 1. The van der Waals surface area contributed by atoms with Crippen LogP contribution in [-0.4, -0.2) is 73.6 Å². The summed E-state index contributed by atoms with van der Waals surface area (Å²) < 4.78 is 0. The number of hydrogen-bond donors (Lipinski definition) is 2. The van der Waals surface area contributed by atoms with Crippen LogP contribution in [0.1, 0.15) is 50.2 Å². The van der Waals surface area contributed by atoms with E-state index < -0.39 is 0 Å². The fourth-order valence-electron chi connectivity index (χ4n) is 2.98. The Bertz CT molecular complexity index is 548. The zero-order valence-electron chi connectivity index (χ0n) is 17.3. The minimum absolute atomic E-state index is 0. The lowest BCUT2D eigenvalue weighted by Crippen LogP contribution is -2.39. The second kappa shape index (κ2) is 13.7. The fraction of sp³-hybridized carbons (Fsp3) is 0.789. The second-order valence-electron chi connectivity index (χ2n) is 7.29. The molecule has 0 atom stereocenters. The van der Waals surface area contributed by atoms with Gasteiger partial charge in [-0.15, -0.1) is 35.3 Å². The van der Waals surface area contributed by atoms with Crippen LogP contribution in [0.3, 0.4) is 0 Å².